The lowest BCUT2D eigenvalue weighted by Crippen LogP contribution is -2.46. The standard InChI is InChI=1S/C29H25F3N4O4/c30-29(31,32)17-5-3-6-18(15-17)35-11-13-36(14-12-35)22-16-21(33-10-4-9-23(37)38)24-25-26(22)34-40-28(25)20-8-2-1-7-19(20)27(24)39/h1-3,5-8,15-16,33H,4,9-14H2,(H,37,38)/p-1. The highest BCUT2D eigenvalue weighted by molar-refractivity contribution is 6.28. The Labute approximate surface area is 227 Å². The molecule has 0 spiro atoms. The number of nitrogens with zero attached hydrogens (tertiary/aromatic N) is 3. The van der Waals surface area contributed by atoms with Crippen LogP contribution in [0, 0.1) is 0 Å². The van der Waals surface area contributed by atoms with Gasteiger partial charge in [-0.2, -0.15) is 13.2 Å². The maximum atomic E-state index is 13.6. The molecule has 0 bridgehead atoms. The Bertz CT molecular complexity index is 1620. The first-order valence-corrected chi connectivity index (χ1v) is 12.9. The molecule has 4 aromatic rings. The number of hydrogen-bond donors (Lipinski definition) is 1. The van der Waals surface area contributed by atoms with Gasteiger partial charge in [-0.25, -0.2) is 0 Å². The van der Waals surface area contributed by atoms with Crippen molar-refractivity contribution < 1.29 is 32.4 Å². The summed E-state index contributed by atoms with van der Waals surface area (Å²) in [4.78, 5) is 28.5. The summed E-state index contributed by atoms with van der Waals surface area (Å²) in [7, 11) is 0. The van der Waals surface area contributed by atoms with Crippen molar-refractivity contribution in [2.24, 2.45) is 0 Å². The van der Waals surface area contributed by atoms with Gasteiger partial charge in [-0.05, 0) is 37.1 Å². The number of anilines is 3. The summed E-state index contributed by atoms with van der Waals surface area (Å²) in [5.41, 5.74) is 3.19. The highest BCUT2D eigenvalue weighted by Crippen LogP contribution is 2.46. The molecule has 0 unspecified atom stereocenters. The number of benzene rings is 3. The summed E-state index contributed by atoms with van der Waals surface area (Å²) in [5.74, 6) is -0.841. The number of alkyl halides is 3. The SMILES string of the molecule is O=C([O-])CCCNc1cc(N2CCN(c3cccc(C(F)(F)F)c3)CC2)c2noc3c2c1C(=O)c1ccccc1-3. The molecule has 1 saturated heterocycles. The van der Waals surface area contributed by atoms with Gasteiger partial charge in [0.2, 0.25) is 0 Å². The molecule has 2 heterocycles. The molecule has 0 atom stereocenters. The summed E-state index contributed by atoms with van der Waals surface area (Å²) < 4.78 is 45.5. The second-order valence-corrected chi connectivity index (χ2v) is 9.85. The third-order valence-corrected chi connectivity index (χ3v) is 7.41. The Balaban J connectivity index is 1.34. The van der Waals surface area contributed by atoms with Gasteiger partial charge in [0.1, 0.15) is 5.52 Å². The number of halogens is 3. The number of aliphatic carboxylic acids is 1. The highest BCUT2D eigenvalue weighted by atomic mass is 19.4. The van der Waals surface area contributed by atoms with Crippen molar-refractivity contribution in [1.29, 1.82) is 0 Å². The minimum absolute atomic E-state index is 0.121. The van der Waals surface area contributed by atoms with E-state index >= 15 is 0 Å². The number of rotatable bonds is 7. The van der Waals surface area contributed by atoms with E-state index in [1.54, 1.807) is 18.2 Å². The predicted octanol–water partition coefficient (Wildman–Crippen LogP) is 4.33. The van der Waals surface area contributed by atoms with Crippen LogP contribution in [-0.2, 0) is 11.0 Å². The van der Waals surface area contributed by atoms with E-state index in [0.29, 0.717) is 83.9 Å². The van der Waals surface area contributed by atoms with Gasteiger partial charge in [0.25, 0.3) is 0 Å². The summed E-state index contributed by atoms with van der Waals surface area (Å²) >= 11 is 0. The van der Waals surface area contributed by atoms with Crippen molar-refractivity contribution in [1.82, 2.24) is 5.16 Å². The van der Waals surface area contributed by atoms with Crippen molar-refractivity contribution in [3.8, 4) is 11.3 Å². The van der Waals surface area contributed by atoms with Crippen LogP contribution >= 0.6 is 0 Å². The number of nitrogens with one attached hydrogen (secondary N) is 1. The molecule has 8 nitrogen and oxygen atoms in total. The van der Waals surface area contributed by atoms with E-state index in [1.165, 1.54) is 6.07 Å². The number of aromatic nitrogens is 1. The first-order valence-electron chi connectivity index (χ1n) is 12.9. The maximum Gasteiger partial charge on any atom is 0.416 e. The fraction of sp³-hybridized carbons (Fsp3) is 0.276. The number of ketones is 1. The molecule has 1 fully saturated rings. The van der Waals surface area contributed by atoms with Crippen LogP contribution in [0.3, 0.4) is 0 Å². The molecule has 0 saturated carbocycles. The monoisotopic (exact) mass is 549 g/mol. The van der Waals surface area contributed by atoms with Crippen LogP contribution in [0.1, 0.15) is 34.3 Å². The molecule has 1 N–H and O–H groups in total. The lowest BCUT2D eigenvalue weighted by molar-refractivity contribution is -0.305. The third kappa shape index (κ3) is 4.51. The van der Waals surface area contributed by atoms with Crippen LogP contribution in [0.4, 0.5) is 30.2 Å². The molecule has 11 heteroatoms. The number of carbonyl (C=O) groups excluding carboxylic acids is 2. The Hall–Kier alpha value is -4.54. The average Bonchev–Trinajstić information content (AvgIpc) is 3.39. The van der Waals surface area contributed by atoms with E-state index in [1.807, 2.05) is 23.1 Å². The molecule has 40 heavy (non-hydrogen) atoms. The lowest BCUT2D eigenvalue weighted by Gasteiger charge is -2.38. The van der Waals surface area contributed by atoms with E-state index in [-0.39, 0.29) is 12.2 Å². The van der Waals surface area contributed by atoms with Crippen LogP contribution < -0.4 is 20.2 Å². The van der Waals surface area contributed by atoms with Crippen molar-refractivity contribution in [3.63, 3.8) is 0 Å². The second kappa shape index (κ2) is 9.89. The van der Waals surface area contributed by atoms with Gasteiger partial charge in [-0.1, -0.05) is 35.5 Å². The van der Waals surface area contributed by atoms with Gasteiger partial charge in [0.05, 0.1) is 22.2 Å². The topological polar surface area (TPSA) is 102 Å². The second-order valence-electron chi connectivity index (χ2n) is 9.85. The van der Waals surface area contributed by atoms with Gasteiger partial charge >= 0.3 is 6.18 Å². The van der Waals surface area contributed by atoms with Gasteiger partial charge in [0.15, 0.2) is 11.5 Å². The summed E-state index contributed by atoms with van der Waals surface area (Å²) in [6, 6.07) is 14.3. The van der Waals surface area contributed by atoms with E-state index in [9.17, 15) is 27.9 Å². The van der Waals surface area contributed by atoms with E-state index in [2.05, 4.69) is 15.4 Å². The molecule has 2 aliphatic rings. The molecule has 1 aromatic heterocycles. The number of carbonyl (C=O) groups is 2. The summed E-state index contributed by atoms with van der Waals surface area (Å²) in [6.07, 6.45) is -4.22. The van der Waals surface area contributed by atoms with E-state index in [0.717, 1.165) is 17.8 Å². The summed E-state index contributed by atoms with van der Waals surface area (Å²) in [5, 5.41) is 19.1. The molecule has 1 aliphatic carbocycles. The van der Waals surface area contributed by atoms with Crippen LogP contribution in [-0.4, -0.2) is 49.6 Å². The Morgan fingerprint density at radius 1 is 1.00 bits per heavy atom. The zero-order chi connectivity index (χ0) is 28.0. The van der Waals surface area contributed by atoms with Crippen LogP contribution in [0.5, 0.6) is 0 Å². The van der Waals surface area contributed by atoms with Crippen LogP contribution in [0.25, 0.3) is 22.2 Å². The van der Waals surface area contributed by atoms with Gasteiger partial charge in [-0.3, -0.25) is 4.79 Å². The first-order chi connectivity index (χ1) is 19.2. The highest BCUT2D eigenvalue weighted by Gasteiger charge is 2.35. The number of fused-ring (bicyclic) bond motifs is 2. The van der Waals surface area contributed by atoms with E-state index < -0.39 is 17.7 Å². The molecular weight excluding hydrogens is 525 g/mol. The Kier molecular flexibility index (Phi) is 6.36. The van der Waals surface area contributed by atoms with Crippen molar-refractivity contribution in [3.05, 3.63) is 71.3 Å². The average molecular weight is 550 g/mol. The zero-order valence-corrected chi connectivity index (χ0v) is 21.3. The Morgan fingerprint density at radius 3 is 2.45 bits per heavy atom. The number of carboxylic acid groups (broad SMARTS) is 1. The zero-order valence-electron chi connectivity index (χ0n) is 21.3. The largest absolute Gasteiger partial charge is 0.550 e. The Morgan fingerprint density at radius 2 is 1.73 bits per heavy atom. The van der Waals surface area contributed by atoms with Crippen molar-refractivity contribution >= 4 is 39.7 Å². The molecule has 6 rings (SSSR count). The minimum Gasteiger partial charge on any atom is -0.550 e. The van der Waals surface area contributed by atoms with E-state index in [4.69, 9.17) is 4.52 Å². The van der Waals surface area contributed by atoms with Crippen molar-refractivity contribution in [2.45, 2.75) is 19.0 Å². The van der Waals surface area contributed by atoms with Gasteiger partial charge in [-0.15, -0.1) is 0 Å². The minimum atomic E-state index is -4.42. The molecule has 3 aromatic carbocycles. The molecule has 0 radical (unpaired) electrons. The quantitative estimate of drug-likeness (QED) is 0.300. The fourth-order valence-electron chi connectivity index (χ4n) is 5.46. The first kappa shape index (κ1) is 25.7. The molecule has 0 amide bonds. The van der Waals surface area contributed by atoms with Gasteiger partial charge in [0, 0.05) is 61.2 Å². The third-order valence-electron chi connectivity index (χ3n) is 7.41. The van der Waals surface area contributed by atoms with Crippen molar-refractivity contribution in [2.75, 3.05) is 47.8 Å². The molecule has 1 aliphatic heterocycles. The summed E-state index contributed by atoms with van der Waals surface area (Å²) in [6.45, 7) is 2.27. The van der Waals surface area contributed by atoms with Crippen LogP contribution in [0.15, 0.2) is 59.1 Å². The number of hydrogen-bond acceptors (Lipinski definition) is 8. The normalized spacial score (nSPS) is 14.9. The lowest BCUT2D eigenvalue weighted by atomic mass is 9.86. The number of carboxylic acids is 1. The predicted molar refractivity (Wildman–Crippen MR) is 141 cm³/mol. The van der Waals surface area contributed by atoms with Gasteiger partial charge < -0.3 is 29.5 Å². The maximum absolute atomic E-state index is 13.6. The fourth-order valence-corrected chi connectivity index (χ4v) is 5.46. The molecular formula is C29H24F3N4O4-. The van der Waals surface area contributed by atoms with Crippen LogP contribution in [0.2, 0.25) is 0 Å². The smallest absolute Gasteiger partial charge is 0.416 e. The number of piperazine rings is 1. The molecule has 206 valence electrons.